The van der Waals surface area contributed by atoms with Gasteiger partial charge in [0, 0.05) is 57.2 Å². The number of nitrogens with one attached hydrogen (secondary N) is 2. The maximum atomic E-state index is 12.5. The summed E-state index contributed by atoms with van der Waals surface area (Å²) in [5, 5.41) is 15.2. The molecule has 2 aliphatic rings. The van der Waals surface area contributed by atoms with Crippen molar-refractivity contribution in [2.75, 3.05) is 44.7 Å². The number of amides is 2. The van der Waals surface area contributed by atoms with E-state index in [1.165, 1.54) is 6.92 Å². The molecule has 2 aliphatic heterocycles. The number of aliphatic hydroxyl groups excluding tert-OH is 1. The number of ether oxygens (including phenoxy) is 3. The summed E-state index contributed by atoms with van der Waals surface area (Å²) in [5.41, 5.74) is 3.48. The van der Waals surface area contributed by atoms with E-state index in [9.17, 15) is 14.7 Å². The number of nitrogens with zero attached hydrogens (tertiary/aromatic N) is 1. The summed E-state index contributed by atoms with van der Waals surface area (Å²) >= 11 is 0. The molecule has 0 aromatic heterocycles. The first-order valence-corrected chi connectivity index (χ1v) is 13.9. The van der Waals surface area contributed by atoms with Gasteiger partial charge in [-0.3, -0.25) is 14.5 Å². The van der Waals surface area contributed by atoms with Crippen molar-refractivity contribution < 1.29 is 28.9 Å². The normalized spacial score (nSPS) is 21.8. The third-order valence-electron chi connectivity index (χ3n) is 7.08. The lowest BCUT2D eigenvalue weighted by atomic mass is 9.99. The van der Waals surface area contributed by atoms with Crippen LogP contribution in [0.5, 0.6) is 0 Å². The molecule has 0 saturated carbocycles. The lowest BCUT2D eigenvalue weighted by molar-refractivity contribution is -0.253. The molecular formula is C30H41N3O6. The first kappa shape index (κ1) is 29.2. The molecule has 0 spiro atoms. The van der Waals surface area contributed by atoms with Gasteiger partial charge in [-0.05, 0) is 36.1 Å². The van der Waals surface area contributed by atoms with Gasteiger partial charge in [0.1, 0.15) is 0 Å². The second-order valence-electron chi connectivity index (χ2n) is 10.2. The minimum absolute atomic E-state index is 0.00673. The van der Waals surface area contributed by atoms with Gasteiger partial charge in [-0.1, -0.05) is 42.8 Å². The van der Waals surface area contributed by atoms with Crippen LogP contribution in [0.4, 0.5) is 5.69 Å². The Labute approximate surface area is 230 Å². The number of anilines is 1. The van der Waals surface area contributed by atoms with Crippen LogP contribution in [0.2, 0.25) is 0 Å². The summed E-state index contributed by atoms with van der Waals surface area (Å²) in [7, 11) is 0. The maximum Gasteiger partial charge on any atom is 0.224 e. The molecule has 0 bridgehead atoms. The second kappa shape index (κ2) is 15.1. The van der Waals surface area contributed by atoms with E-state index in [2.05, 4.69) is 15.5 Å². The largest absolute Gasteiger partial charge is 0.392 e. The van der Waals surface area contributed by atoms with E-state index in [1.807, 2.05) is 48.5 Å². The Morgan fingerprint density at radius 3 is 2.54 bits per heavy atom. The van der Waals surface area contributed by atoms with E-state index < -0.39 is 6.29 Å². The van der Waals surface area contributed by atoms with Crippen molar-refractivity contribution in [2.45, 2.75) is 64.1 Å². The van der Waals surface area contributed by atoms with Gasteiger partial charge in [-0.2, -0.15) is 0 Å². The van der Waals surface area contributed by atoms with Crippen molar-refractivity contribution in [1.82, 2.24) is 10.2 Å². The Hall–Kier alpha value is -2.82. The van der Waals surface area contributed by atoms with Crippen LogP contribution in [0, 0.1) is 0 Å². The van der Waals surface area contributed by atoms with E-state index >= 15 is 0 Å². The Bertz CT molecular complexity index is 1060. The van der Waals surface area contributed by atoms with Gasteiger partial charge in [-0.15, -0.1) is 0 Å². The van der Waals surface area contributed by atoms with Crippen LogP contribution in [0.15, 0.2) is 48.5 Å². The average Bonchev–Trinajstić information content (AvgIpc) is 2.95. The highest BCUT2D eigenvalue weighted by Crippen LogP contribution is 2.38. The van der Waals surface area contributed by atoms with Crippen molar-refractivity contribution in [1.29, 1.82) is 0 Å². The molecule has 2 aromatic carbocycles. The molecule has 2 aromatic rings. The zero-order valence-corrected chi connectivity index (χ0v) is 22.8. The van der Waals surface area contributed by atoms with Gasteiger partial charge >= 0.3 is 0 Å². The number of unbranched alkanes of at least 4 members (excludes halogenated alkanes) is 2. The Kier molecular flexibility index (Phi) is 11.3. The summed E-state index contributed by atoms with van der Waals surface area (Å²) in [6.07, 6.45) is 2.90. The van der Waals surface area contributed by atoms with Crippen LogP contribution in [0.1, 0.15) is 68.1 Å². The zero-order valence-electron chi connectivity index (χ0n) is 22.8. The standard InChI is InChI=1S/C30H41N3O6/c1-22(35)31-13-4-2-3-8-29(36)32-26-7-5-6-25(18-26)30-38-27(20-33-14-16-37-17-15-33)19-28(39-30)24-11-9-23(21-34)10-12-24/h5-7,9-12,18,27-28,30,34H,2-4,8,13-17,19-21H2,1H3,(H,31,35)(H,32,36)/t27-,28+,30+/m0/s1. The highest BCUT2D eigenvalue weighted by atomic mass is 16.7. The molecule has 2 heterocycles. The third kappa shape index (κ3) is 9.40. The molecule has 0 unspecified atom stereocenters. The highest BCUT2D eigenvalue weighted by molar-refractivity contribution is 5.90. The molecule has 2 amide bonds. The fraction of sp³-hybridized carbons (Fsp3) is 0.533. The third-order valence-corrected chi connectivity index (χ3v) is 7.08. The predicted octanol–water partition coefficient (Wildman–Crippen LogP) is 3.69. The molecule has 3 atom stereocenters. The fourth-order valence-corrected chi connectivity index (χ4v) is 4.94. The molecule has 0 radical (unpaired) electrons. The van der Waals surface area contributed by atoms with E-state index in [-0.39, 0.29) is 30.6 Å². The Morgan fingerprint density at radius 2 is 1.79 bits per heavy atom. The summed E-state index contributed by atoms with van der Waals surface area (Å²) in [4.78, 5) is 25.8. The van der Waals surface area contributed by atoms with Gasteiger partial charge in [0.15, 0.2) is 6.29 Å². The molecule has 9 heteroatoms. The van der Waals surface area contributed by atoms with Crippen LogP contribution in [-0.2, 0) is 30.4 Å². The SMILES string of the molecule is CC(=O)NCCCCCC(=O)Nc1cccc([C@@H]2O[C@H](CN3CCOCC3)C[C@H](c3ccc(CO)cc3)O2)c1. The van der Waals surface area contributed by atoms with Crippen LogP contribution in [-0.4, -0.2) is 67.3 Å². The van der Waals surface area contributed by atoms with Gasteiger partial charge in [0.05, 0.1) is 32.0 Å². The van der Waals surface area contributed by atoms with Crippen LogP contribution in [0.25, 0.3) is 0 Å². The molecule has 4 rings (SSSR count). The first-order chi connectivity index (χ1) is 19.0. The number of hydrogen-bond donors (Lipinski definition) is 3. The number of morpholine rings is 1. The summed E-state index contributed by atoms with van der Waals surface area (Å²) < 4.78 is 18.4. The molecule has 212 valence electrons. The lowest BCUT2D eigenvalue weighted by Crippen LogP contribution is -2.44. The summed E-state index contributed by atoms with van der Waals surface area (Å²) in [5.74, 6) is -0.0684. The second-order valence-corrected chi connectivity index (χ2v) is 10.2. The van der Waals surface area contributed by atoms with Gasteiger partial charge in [0.25, 0.3) is 0 Å². The van der Waals surface area contributed by atoms with Gasteiger partial charge < -0.3 is 30.0 Å². The molecule has 3 N–H and O–H groups in total. The van der Waals surface area contributed by atoms with Crippen LogP contribution >= 0.6 is 0 Å². The topological polar surface area (TPSA) is 109 Å². The van der Waals surface area contributed by atoms with Gasteiger partial charge in [0.2, 0.25) is 11.8 Å². The number of hydrogen-bond acceptors (Lipinski definition) is 7. The van der Waals surface area contributed by atoms with Crippen LogP contribution < -0.4 is 10.6 Å². The van der Waals surface area contributed by atoms with E-state index in [0.717, 1.165) is 75.2 Å². The van der Waals surface area contributed by atoms with E-state index in [4.69, 9.17) is 14.2 Å². The smallest absolute Gasteiger partial charge is 0.224 e. The first-order valence-electron chi connectivity index (χ1n) is 13.9. The number of carbonyl (C=O) groups is 2. The van der Waals surface area contributed by atoms with Crippen molar-refractivity contribution in [3.63, 3.8) is 0 Å². The number of benzene rings is 2. The molecule has 0 aliphatic carbocycles. The molecule has 9 nitrogen and oxygen atoms in total. The predicted molar refractivity (Wildman–Crippen MR) is 148 cm³/mol. The van der Waals surface area contributed by atoms with Gasteiger partial charge in [-0.25, -0.2) is 0 Å². The lowest BCUT2D eigenvalue weighted by Gasteiger charge is -2.39. The number of carbonyl (C=O) groups excluding carboxylic acids is 2. The molecule has 39 heavy (non-hydrogen) atoms. The fourth-order valence-electron chi connectivity index (χ4n) is 4.94. The maximum absolute atomic E-state index is 12.5. The van der Waals surface area contributed by atoms with Crippen LogP contribution in [0.3, 0.4) is 0 Å². The number of rotatable bonds is 12. The van der Waals surface area contributed by atoms with Crippen molar-refractivity contribution in [2.24, 2.45) is 0 Å². The minimum Gasteiger partial charge on any atom is -0.392 e. The molecular weight excluding hydrogens is 498 g/mol. The Balaban J connectivity index is 1.38. The minimum atomic E-state index is -0.571. The molecule has 2 saturated heterocycles. The van der Waals surface area contributed by atoms with E-state index in [1.54, 1.807) is 0 Å². The Morgan fingerprint density at radius 1 is 1.00 bits per heavy atom. The van der Waals surface area contributed by atoms with Crippen molar-refractivity contribution >= 4 is 17.5 Å². The summed E-state index contributed by atoms with van der Waals surface area (Å²) in [6.45, 7) is 6.18. The van der Waals surface area contributed by atoms with Crippen molar-refractivity contribution in [3.8, 4) is 0 Å². The monoisotopic (exact) mass is 539 g/mol. The van der Waals surface area contributed by atoms with E-state index in [0.29, 0.717) is 18.7 Å². The molecule has 2 fully saturated rings. The van der Waals surface area contributed by atoms with Crippen molar-refractivity contribution in [3.05, 3.63) is 65.2 Å². The number of aliphatic hydroxyl groups is 1. The average molecular weight is 540 g/mol. The quantitative estimate of drug-likeness (QED) is 0.353. The summed E-state index contributed by atoms with van der Waals surface area (Å²) in [6, 6.07) is 15.5. The zero-order chi connectivity index (χ0) is 27.5. The highest BCUT2D eigenvalue weighted by Gasteiger charge is 2.33.